The molecule has 1 aromatic heterocycles. The molecule has 10 aromatic carbocycles. The molecule has 0 saturated heterocycles. The van der Waals surface area contributed by atoms with E-state index in [1.54, 1.807) is 0 Å². The highest BCUT2D eigenvalue weighted by Crippen LogP contribution is 2.51. The van der Waals surface area contributed by atoms with E-state index >= 15 is 0 Å². The van der Waals surface area contributed by atoms with Crippen LogP contribution in [0.25, 0.3) is 72.0 Å². The molecule has 0 amide bonds. The van der Waals surface area contributed by atoms with Gasteiger partial charge in [0, 0.05) is 39.0 Å². The first-order valence-electron chi connectivity index (χ1n) is 24.0. The third-order valence-electron chi connectivity index (χ3n) is 14.2. The molecular formula is C64H47BN2O. The number of fused-ring (bicyclic) bond motifs is 7. The summed E-state index contributed by atoms with van der Waals surface area (Å²) in [5, 5.41) is 2.49. The van der Waals surface area contributed by atoms with E-state index in [1.165, 1.54) is 66.0 Å². The summed E-state index contributed by atoms with van der Waals surface area (Å²) in [4.78, 5) is 2.62. The average molecular weight is 871 g/mol. The molecule has 13 rings (SSSR count). The number of rotatable bonds is 9. The van der Waals surface area contributed by atoms with Gasteiger partial charge in [-0.05, 0) is 123 Å². The fourth-order valence-electron chi connectivity index (χ4n) is 11.1. The fourth-order valence-corrected chi connectivity index (χ4v) is 11.1. The summed E-state index contributed by atoms with van der Waals surface area (Å²) in [5.74, 6) is 1.85. The second kappa shape index (κ2) is 16.5. The zero-order chi connectivity index (χ0) is 45.1. The maximum Gasteiger partial charge on any atom is 0.256 e. The molecule has 3 nitrogen and oxygen atoms in total. The summed E-state index contributed by atoms with van der Waals surface area (Å²) in [6.45, 7) is 2.19. The summed E-state index contributed by atoms with van der Waals surface area (Å²) in [6.07, 6.45) is 3.15. The molecule has 4 heteroatoms. The van der Waals surface area contributed by atoms with Crippen molar-refractivity contribution in [2.45, 2.75) is 26.2 Å². The van der Waals surface area contributed by atoms with Gasteiger partial charge in [0.15, 0.2) is 0 Å². The van der Waals surface area contributed by atoms with Crippen molar-refractivity contribution in [3.63, 3.8) is 0 Å². The number of hydrogen-bond acceptors (Lipinski definition) is 2. The molecule has 3 heterocycles. The number of ether oxygens (including phenoxy) is 1. The number of anilines is 3. The molecule has 0 aliphatic carbocycles. The van der Waals surface area contributed by atoms with E-state index in [0.29, 0.717) is 0 Å². The molecule has 0 spiro atoms. The van der Waals surface area contributed by atoms with Gasteiger partial charge in [-0.1, -0.05) is 189 Å². The number of aromatic nitrogens is 1. The van der Waals surface area contributed by atoms with Gasteiger partial charge in [0.1, 0.15) is 11.5 Å². The summed E-state index contributed by atoms with van der Waals surface area (Å²) in [5.41, 5.74) is 21.2. The molecule has 0 bridgehead atoms. The van der Waals surface area contributed by atoms with Crippen LogP contribution in [-0.4, -0.2) is 11.3 Å². The maximum atomic E-state index is 7.19. The van der Waals surface area contributed by atoms with E-state index in [1.807, 2.05) is 0 Å². The average Bonchev–Trinajstić information content (AvgIpc) is 3.75. The predicted octanol–water partition coefficient (Wildman–Crippen LogP) is 15.2. The minimum absolute atomic E-state index is 0.0879. The highest BCUT2D eigenvalue weighted by Gasteiger charge is 2.43. The monoisotopic (exact) mass is 870 g/mol. The van der Waals surface area contributed by atoms with Crippen molar-refractivity contribution in [2.24, 2.45) is 0 Å². The number of aryl methyl sites for hydroxylation is 1. The lowest BCUT2D eigenvalue weighted by molar-refractivity contribution is 0.486. The topological polar surface area (TPSA) is 17.4 Å². The van der Waals surface area contributed by atoms with Gasteiger partial charge in [0.2, 0.25) is 0 Å². The van der Waals surface area contributed by atoms with Crippen molar-refractivity contribution >= 4 is 62.0 Å². The van der Waals surface area contributed by atoms with E-state index in [4.69, 9.17) is 4.74 Å². The quantitative estimate of drug-likeness (QED) is 0.134. The number of nitrogens with zero attached hydrogens (tertiary/aromatic N) is 2. The molecular weight excluding hydrogens is 824 g/mol. The normalized spacial score (nSPS) is 12.4. The Morgan fingerprint density at radius 1 is 0.426 bits per heavy atom. The van der Waals surface area contributed by atoms with Crippen LogP contribution in [0.5, 0.6) is 11.5 Å². The Hall–Kier alpha value is -8.34. The molecule has 0 radical (unpaired) electrons. The summed E-state index contributed by atoms with van der Waals surface area (Å²) in [7, 11) is 0. The predicted molar refractivity (Wildman–Crippen MR) is 287 cm³/mol. The highest BCUT2D eigenvalue weighted by atomic mass is 16.5. The molecule has 11 aromatic rings. The second-order valence-electron chi connectivity index (χ2n) is 18.3. The van der Waals surface area contributed by atoms with Gasteiger partial charge >= 0.3 is 0 Å². The molecule has 0 atom stereocenters. The molecule has 322 valence electrons. The molecule has 68 heavy (non-hydrogen) atoms. The first-order valence-corrected chi connectivity index (χ1v) is 24.0. The van der Waals surface area contributed by atoms with Crippen molar-refractivity contribution in [1.29, 1.82) is 0 Å². The van der Waals surface area contributed by atoms with E-state index in [-0.39, 0.29) is 6.71 Å². The lowest BCUT2D eigenvalue weighted by atomic mass is 9.34. The van der Waals surface area contributed by atoms with Crippen molar-refractivity contribution in [2.75, 3.05) is 4.90 Å². The van der Waals surface area contributed by atoms with Crippen LogP contribution in [0.2, 0.25) is 0 Å². The van der Waals surface area contributed by atoms with E-state index in [0.717, 1.165) is 75.8 Å². The van der Waals surface area contributed by atoms with Gasteiger partial charge in [-0.25, -0.2) is 0 Å². The highest BCUT2D eigenvalue weighted by molar-refractivity contribution is 6.99. The van der Waals surface area contributed by atoms with Crippen molar-refractivity contribution in [3.05, 3.63) is 236 Å². The first-order chi connectivity index (χ1) is 33.7. The smallest absolute Gasteiger partial charge is 0.256 e. The molecule has 0 N–H and O–H groups in total. The van der Waals surface area contributed by atoms with Crippen molar-refractivity contribution < 1.29 is 4.74 Å². The summed E-state index contributed by atoms with van der Waals surface area (Å²) >= 11 is 0. The van der Waals surface area contributed by atoms with E-state index in [9.17, 15) is 0 Å². The number of benzene rings is 10. The Balaban J connectivity index is 1.17. The van der Waals surface area contributed by atoms with Gasteiger partial charge in [-0.3, -0.25) is 0 Å². The second-order valence-corrected chi connectivity index (χ2v) is 18.3. The molecule has 0 saturated carbocycles. The number of hydrogen-bond donors (Lipinski definition) is 0. The van der Waals surface area contributed by atoms with Crippen molar-refractivity contribution in [1.82, 2.24) is 4.57 Å². The lowest BCUT2D eigenvalue weighted by Gasteiger charge is -2.42. The van der Waals surface area contributed by atoms with Crippen LogP contribution in [0.15, 0.2) is 231 Å². The summed E-state index contributed by atoms with van der Waals surface area (Å²) < 4.78 is 9.65. The van der Waals surface area contributed by atoms with Crippen LogP contribution in [0.4, 0.5) is 17.1 Å². The molecule has 0 fully saturated rings. The minimum atomic E-state index is -0.0879. The van der Waals surface area contributed by atoms with E-state index < -0.39 is 0 Å². The Bertz CT molecular complexity index is 3580. The van der Waals surface area contributed by atoms with Crippen LogP contribution in [0, 0.1) is 0 Å². The zero-order valence-electron chi connectivity index (χ0n) is 37.9. The molecule has 0 unspecified atom stereocenters. The minimum Gasteiger partial charge on any atom is -0.458 e. The Morgan fingerprint density at radius 3 is 1.59 bits per heavy atom. The molecule has 2 aliphatic rings. The van der Waals surface area contributed by atoms with Gasteiger partial charge in [-0.2, -0.15) is 0 Å². The van der Waals surface area contributed by atoms with Crippen molar-refractivity contribution in [3.8, 4) is 61.7 Å². The van der Waals surface area contributed by atoms with Crippen LogP contribution < -0.4 is 26.0 Å². The molecule has 2 aliphatic heterocycles. The van der Waals surface area contributed by atoms with Gasteiger partial charge < -0.3 is 14.2 Å². The van der Waals surface area contributed by atoms with E-state index in [2.05, 4.69) is 247 Å². The van der Waals surface area contributed by atoms with Gasteiger partial charge in [-0.15, -0.1) is 0 Å². The van der Waals surface area contributed by atoms with Crippen LogP contribution in [0.3, 0.4) is 0 Å². The fraction of sp³-hybridized carbons (Fsp3) is 0.0625. The van der Waals surface area contributed by atoms with Gasteiger partial charge in [0.25, 0.3) is 6.71 Å². The Morgan fingerprint density at radius 2 is 0.985 bits per heavy atom. The Labute approximate surface area is 398 Å². The first kappa shape index (κ1) is 40.0. The SMILES string of the molecule is CCCCc1cc2c3c(c1)N(c1c(-c4ccccc4)cc(-c4ccccc4)cc1-c1ccccc1)c1cc(-n4c5ccccc5c5ccccc54)ccc1B3c1cc(-c3ccccc3)ccc1O2. The maximum absolute atomic E-state index is 7.19. The largest absolute Gasteiger partial charge is 0.458 e. The zero-order valence-corrected chi connectivity index (χ0v) is 37.9. The third kappa shape index (κ3) is 6.59. The summed E-state index contributed by atoms with van der Waals surface area (Å²) in [6, 6.07) is 84.9. The number of unbranched alkanes of at least 4 members (excludes halogenated alkanes) is 1. The third-order valence-corrected chi connectivity index (χ3v) is 14.2. The van der Waals surface area contributed by atoms with Crippen LogP contribution in [0.1, 0.15) is 25.3 Å². The van der Waals surface area contributed by atoms with Crippen LogP contribution in [-0.2, 0) is 6.42 Å². The standard InChI is InChI=1S/C64H47BN2O/c1-2-3-20-43-37-60-63-62(38-43)68-61-36-33-48(44-21-8-4-9-22-44)41-56(61)65(63)55-35-34-50(66-57-31-18-16-29-51(57)52-30-17-19-32-58(52)66)42-59(55)67(60)64-53(46-25-12-6-13-26-46)39-49(45-23-10-5-11-24-45)40-54(64)47-27-14-7-15-28-47/h4-19,21-42H,2-3,20H2,1H3. The number of para-hydroxylation sites is 2. The van der Waals surface area contributed by atoms with Crippen LogP contribution >= 0.6 is 0 Å². The Kier molecular flexibility index (Phi) is 9.71. The van der Waals surface area contributed by atoms with Gasteiger partial charge in [0.05, 0.1) is 16.7 Å². The lowest BCUT2D eigenvalue weighted by Crippen LogP contribution is -2.59.